The molecule has 32 valence electrons. The molecule has 1 aliphatic heterocycles. The lowest BCUT2D eigenvalue weighted by atomic mass is 10.5. The fourth-order valence-corrected chi connectivity index (χ4v) is 0.931. The summed E-state index contributed by atoms with van der Waals surface area (Å²) < 4.78 is 1.39. The summed E-state index contributed by atoms with van der Waals surface area (Å²) in [6, 6.07) is 0. The van der Waals surface area contributed by atoms with E-state index in [4.69, 9.17) is 12.8 Å². The Morgan fingerprint density at radius 2 is 2.67 bits per heavy atom. The van der Waals surface area contributed by atoms with Gasteiger partial charge in [0.15, 0.2) is 0 Å². The first-order valence-electron chi connectivity index (χ1n) is 1.81. The molecule has 0 aliphatic carbocycles. The average molecular weight is 101 g/mol. The van der Waals surface area contributed by atoms with Crippen molar-refractivity contribution in [3.63, 3.8) is 0 Å². The highest BCUT2D eigenvalue weighted by atomic mass is 31.1. The average Bonchev–Trinajstić information content (AvgIpc) is 1.86. The molecule has 2 nitrogen and oxygen atoms in total. The summed E-state index contributed by atoms with van der Waals surface area (Å²) in [6.07, 6.45) is 1.09. The number of hydrogen-bond donors (Lipinski definition) is 0. The number of nitrogens with zero attached hydrogens (tertiary/aromatic N) is 1. The van der Waals surface area contributed by atoms with Gasteiger partial charge >= 0.3 is 0 Å². The molecular formula is C2H5BNOP. The summed E-state index contributed by atoms with van der Waals surface area (Å²) in [7, 11) is 5.83. The van der Waals surface area contributed by atoms with E-state index in [0.29, 0.717) is 8.73 Å². The third kappa shape index (κ3) is 0.936. The van der Waals surface area contributed by atoms with Crippen LogP contribution in [0, 0.1) is 0 Å². The largest absolute Gasteiger partial charge is 0.308 e. The van der Waals surface area contributed by atoms with Crippen LogP contribution in [0.15, 0.2) is 0 Å². The van der Waals surface area contributed by atoms with E-state index in [-0.39, 0.29) is 0 Å². The van der Waals surface area contributed by atoms with E-state index in [1.54, 1.807) is 0 Å². The van der Waals surface area contributed by atoms with Crippen LogP contribution >= 0.6 is 8.73 Å². The Morgan fingerprint density at radius 3 is 2.83 bits per heavy atom. The predicted molar refractivity (Wildman–Crippen MR) is 26.7 cm³/mol. The Morgan fingerprint density at radius 1 is 1.83 bits per heavy atom. The maximum absolute atomic E-state index is 5.16. The maximum Gasteiger partial charge on any atom is 0.230 e. The van der Waals surface area contributed by atoms with Crippen molar-refractivity contribution >= 4 is 16.7 Å². The van der Waals surface area contributed by atoms with Crippen molar-refractivity contribution in [2.45, 2.75) is 0 Å². The van der Waals surface area contributed by atoms with Gasteiger partial charge in [-0.05, 0) is 8.73 Å². The predicted octanol–water partition coefficient (Wildman–Crippen LogP) is -0.0894. The summed E-state index contributed by atoms with van der Waals surface area (Å²) in [6.45, 7) is 0.801. The zero-order valence-corrected chi connectivity index (χ0v) is 4.35. The first kappa shape index (κ1) is 4.57. The molecule has 1 aliphatic rings. The van der Waals surface area contributed by atoms with E-state index < -0.39 is 0 Å². The van der Waals surface area contributed by atoms with Crippen molar-refractivity contribution in [3.05, 3.63) is 0 Å². The van der Waals surface area contributed by atoms with Gasteiger partial charge in [-0.15, -0.1) is 0 Å². The van der Waals surface area contributed by atoms with Gasteiger partial charge in [-0.2, -0.15) is 0 Å². The highest BCUT2D eigenvalue weighted by Gasteiger charge is 2.03. The molecule has 0 aromatic heterocycles. The second-order valence-corrected chi connectivity index (χ2v) is 2.32. The van der Waals surface area contributed by atoms with Crippen LogP contribution in [-0.4, -0.2) is 25.5 Å². The number of hydrogen-bond acceptors (Lipinski definition) is 2. The summed E-state index contributed by atoms with van der Waals surface area (Å²) in [5.41, 5.74) is 0. The van der Waals surface area contributed by atoms with Crippen LogP contribution in [0.25, 0.3) is 0 Å². The second kappa shape index (κ2) is 1.92. The minimum Gasteiger partial charge on any atom is -0.308 e. The van der Waals surface area contributed by atoms with Gasteiger partial charge in [0.2, 0.25) is 7.98 Å². The minimum absolute atomic E-state index is 0.671. The Balaban J connectivity index is 2.18. The first-order valence-corrected chi connectivity index (χ1v) is 2.96. The van der Waals surface area contributed by atoms with Gasteiger partial charge in [0, 0.05) is 6.16 Å². The molecule has 0 bridgehead atoms. The molecule has 0 aromatic carbocycles. The highest BCUT2D eigenvalue weighted by molar-refractivity contribution is 7.36. The molecule has 1 heterocycles. The molecule has 1 atom stereocenters. The second-order valence-electron chi connectivity index (χ2n) is 1.07. The highest BCUT2D eigenvalue weighted by Crippen LogP contribution is 2.20. The van der Waals surface area contributed by atoms with Crippen molar-refractivity contribution in [2.24, 2.45) is 0 Å². The Bertz CT molecular complexity index is 46.8. The lowest BCUT2D eigenvalue weighted by molar-refractivity contribution is 0.0202. The van der Waals surface area contributed by atoms with Gasteiger partial charge in [-0.25, -0.2) is 4.74 Å². The molecule has 1 rings (SSSR count). The molecular weight excluding hydrogens is 95.8 g/mol. The van der Waals surface area contributed by atoms with E-state index in [0.717, 1.165) is 12.8 Å². The summed E-state index contributed by atoms with van der Waals surface area (Å²) in [5, 5.41) is 0. The molecule has 0 N–H and O–H groups in total. The lowest BCUT2D eigenvalue weighted by Gasteiger charge is -2.01. The fourth-order valence-electron chi connectivity index (χ4n) is 0.345. The molecule has 0 spiro atoms. The van der Waals surface area contributed by atoms with Gasteiger partial charge in [0.25, 0.3) is 0 Å². The fraction of sp³-hybridized carbons (Fsp3) is 1.00. The molecule has 1 unspecified atom stereocenters. The molecule has 0 saturated carbocycles. The van der Waals surface area contributed by atoms with Gasteiger partial charge in [0.05, 0.1) is 6.61 Å². The third-order valence-corrected chi connectivity index (χ3v) is 1.47. The van der Waals surface area contributed by atoms with Crippen LogP contribution in [0.5, 0.6) is 0 Å². The van der Waals surface area contributed by atoms with Crippen LogP contribution in [0.3, 0.4) is 0 Å². The van der Waals surface area contributed by atoms with Crippen molar-refractivity contribution < 1.29 is 4.84 Å². The van der Waals surface area contributed by atoms with E-state index in [9.17, 15) is 0 Å². The van der Waals surface area contributed by atoms with E-state index >= 15 is 0 Å². The van der Waals surface area contributed by atoms with Crippen molar-refractivity contribution in [1.29, 1.82) is 0 Å². The SMILES string of the molecule is [B]N1OCCP1. The summed E-state index contributed by atoms with van der Waals surface area (Å²) in [5.74, 6) is 0. The topological polar surface area (TPSA) is 12.5 Å². The van der Waals surface area contributed by atoms with Gasteiger partial charge in [0.1, 0.15) is 0 Å². The lowest BCUT2D eigenvalue weighted by Crippen LogP contribution is -2.01. The van der Waals surface area contributed by atoms with Crippen molar-refractivity contribution in [2.75, 3.05) is 12.8 Å². The van der Waals surface area contributed by atoms with Crippen LogP contribution in [0.1, 0.15) is 0 Å². The summed E-state index contributed by atoms with van der Waals surface area (Å²) in [4.78, 5) is 4.78. The Kier molecular flexibility index (Phi) is 1.46. The van der Waals surface area contributed by atoms with E-state index in [1.165, 1.54) is 4.74 Å². The van der Waals surface area contributed by atoms with E-state index in [1.807, 2.05) is 0 Å². The van der Waals surface area contributed by atoms with Crippen LogP contribution in [0.2, 0.25) is 0 Å². The third-order valence-electron chi connectivity index (χ3n) is 0.600. The molecule has 2 radical (unpaired) electrons. The van der Waals surface area contributed by atoms with Gasteiger partial charge < -0.3 is 4.84 Å². The molecule has 6 heavy (non-hydrogen) atoms. The quantitative estimate of drug-likeness (QED) is 0.312. The normalized spacial score (nSPS) is 29.3. The van der Waals surface area contributed by atoms with Crippen molar-refractivity contribution in [1.82, 2.24) is 4.74 Å². The molecule has 1 saturated heterocycles. The Labute approximate surface area is 40.1 Å². The summed E-state index contributed by atoms with van der Waals surface area (Å²) >= 11 is 0. The molecule has 0 amide bonds. The number of rotatable bonds is 0. The van der Waals surface area contributed by atoms with E-state index in [2.05, 4.69) is 0 Å². The molecule has 4 heteroatoms. The van der Waals surface area contributed by atoms with Gasteiger partial charge in [-0.3, -0.25) is 0 Å². The standard InChI is InChI=1S/C2H5BNOP/c3-4-5-1-2-6-4/h6H,1-2H2. The van der Waals surface area contributed by atoms with Crippen LogP contribution < -0.4 is 0 Å². The van der Waals surface area contributed by atoms with Crippen LogP contribution in [0.4, 0.5) is 0 Å². The Hall–Kier alpha value is 0.415. The minimum atomic E-state index is 0.671. The van der Waals surface area contributed by atoms with Crippen molar-refractivity contribution in [3.8, 4) is 0 Å². The molecule has 0 aromatic rings. The maximum atomic E-state index is 5.16. The first-order chi connectivity index (χ1) is 2.89. The zero-order chi connectivity index (χ0) is 4.41. The van der Waals surface area contributed by atoms with Crippen LogP contribution in [-0.2, 0) is 4.84 Å². The smallest absolute Gasteiger partial charge is 0.230 e. The van der Waals surface area contributed by atoms with Gasteiger partial charge in [-0.1, -0.05) is 0 Å². The molecule has 1 fully saturated rings. The monoisotopic (exact) mass is 101 g/mol. The zero-order valence-electron chi connectivity index (χ0n) is 3.35.